The van der Waals surface area contributed by atoms with E-state index in [9.17, 15) is 14.3 Å². The smallest absolute Gasteiger partial charge is 0.157 e. The molecule has 196 valence electrons. The number of ketones is 1. The quantitative estimate of drug-likeness (QED) is 0.616. The largest absolute Gasteiger partial charge is 0.390 e. The Bertz CT molecular complexity index is 1160. The van der Waals surface area contributed by atoms with Crippen molar-refractivity contribution < 1.29 is 19.0 Å². The van der Waals surface area contributed by atoms with E-state index in [1.165, 1.54) is 18.6 Å². The minimum atomic E-state index is -0.558. The first-order valence-corrected chi connectivity index (χ1v) is 13.9. The van der Waals surface area contributed by atoms with E-state index in [-0.39, 0.29) is 34.9 Å². The maximum Gasteiger partial charge on any atom is 0.157 e. The fourth-order valence-electron chi connectivity index (χ4n) is 9.62. The van der Waals surface area contributed by atoms with Gasteiger partial charge in [-0.1, -0.05) is 12.1 Å². The highest BCUT2D eigenvalue weighted by Gasteiger charge is 2.63. The number of methoxy groups -OCH3 is 1. The van der Waals surface area contributed by atoms with E-state index in [0.717, 1.165) is 58.0 Å². The monoisotopic (exact) mass is 497 g/mol. The Morgan fingerprint density at radius 2 is 1.97 bits per heavy atom. The minimum Gasteiger partial charge on any atom is -0.390 e. The van der Waals surface area contributed by atoms with E-state index < -0.39 is 5.60 Å². The van der Waals surface area contributed by atoms with Gasteiger partial charge in [0.2, 0.25) is 0 Å². The molecule has 1 heterocycles. The number of benzene rings is 1. The fourth-order valence-corrected chi connectivity index (χ4v) is 9.62. The lowest BCUT2D eigenvalue weighted by Crippen LogP contribution is -2.58. The van der Waals surface area contributed by atoms with E-state index in [4.69, 9.17) is 4.74 Å². The summed E-state index contributed by atoms with van der Waals surface area (Å²) in [5.41, 5.74) is 0.803. The standard InChI is InChI=1S/C29H40FN3O3/c1-27(35)12-13-29(17-36-3)18(15-27)4-6-20-21-7-8-23(28(21,2)11-10-22(20)29)26(34)16-33-25-14-19(30)5-9-24(25)31-32-33/h5,9,14,18,20-23,35H,4,6-8,10-13,15-17H2,1-3H3/t18-,20+,21+,22+,23-,27-,28+,29-/m1/s1. The zero-order valence-electron chi connectivity index (χ0n) is 21.9. The number of Topliss-reactive ketones (excluding diaryl/α,β-unsaturated/α-hetero) is 1. The molecule has 4 fully saturated rings. The molecule has 1 N–H and O–H groups in total. The summed E-state index contributed by atoms with van der Waals surface area (Å²) in [5, 5.41) is 19.2. The molecule has 4 aliphatic rings. The van der Waals surface area contributed by atoms with Crippen molar-refractivity contribution in [2.45, 2.75) is 83.8 Å². The predicted molar refractivity (Wildman–Crippen MR) is 135 cm³/mol. The van der Waals surface area contributed by atoms with Gasteiger partial charge >= 0.3 is 0 Å². The highest BCUT2D eigenvalue weighted by Crippen LogP contribution is 2.68. The lowest BCUT2D eigenvalue weighted by atomic mass is 9.43. The van der Waals surface area contributed by atoms with Crippen molar-refractivity contribution in [3.8, 4) is 0 Å². The molecule has 0 radical (unpaired) electrons. The summed E-state index contributed by atoms with van der Waals surface area (Å²) in [5.74, 6) is 2.19. The van der Waals surface area contributed by atoms with Crippen molar-refractivity contribution in [1.82, 2.24) is 15.0 Å². The van der Waals surface area contributed by atoms with Crippen LogP contribution in [0.2, 0.25) is 0 Å². The lowest BCUT2D eigenvalue weighted by molar-refractivity contribution is -0.175. The van der Waals surface area contributed by atoms with Gasteiger partial charge in [-0.05, 0) is 111 Å². The topological polar surface area (TPSA) is 77.2 Å². The third kappa shape index (κ3) is 3.67. The Labute approximate surface area is 213 Å². The minimum absolute atomic E-state index is 0.00113. The average Bonchev–Trinajstić information content (AvgIpc) is 3.39. The molecule has 0 amide bonds. The molecule has 1 aromatic carbocycles. The van der Waals surface area contributed by atoms with E-state index in [2.05, 4.69) is 17.2 Å². The Hall–Kier alpha value is -1.86. The summed E-state index contributed by atoms with van der Waals surface area (Å²) in [6, 6.07) is 4.41. The first-order valence-electron chi connectivity index (χ1n) is 13.9. The average molecular weight is 498 g/mol. The van der Waals surface area contributed by atoms with Crippen LogP contribution in [0.1, 0.15) is 71.6 Å². The Morgan fingerprint density at radius 1 is 1.14 bits per heavy atom. The third-order valence-electron chi connectivity index (χ3n) is 11.2. The molecule has 6 nitrogen and oxygen atoms in total. The number of fused-ring (bicyclic) bond motifs is 6. The first kappa shape index (κ1) is 24.5. The molecule has 1 aromatic heterocycles. The maximum absolute atomic E-state index is 13.8. The molecule has 4 saturated carbocycles. The SMILES string of the molecule is COC[C@]12CC[C@@](C)(O)C[C@H]1CC[C@H]1[C@@H]3CC[C@H](C(=O)Cn4nnc5ccc(F)cc54)[C@@]3(C)CC[C@@H]12. The van der Waals surface area contributed by atoms with Crippen LogP contribution >= 0.6 is 0 Å². The summed E-state index contributed by atoms with van der Waals surface area (Å²) in [4.78, 5) is 13.7. The van der Waals surface area contributed by atoms with Crippen LogP contribution in [0.4, 0.5) is 4.39 Å². The second-order valence-corrected chi connectivity index (χ2v) is 13.0. The number of halogens is 1. The summed E-state index contributed by atoms with van der Waals surface area (Å²) in [6.45, 7) is 5.32. The van der Waals surface area contributed by atoms with Crippen LogP contribution in [-0.2, 0) is 16.1 Å². The number of aromatic nitrogens is 3. The number of aliphatic hydroxyl groups is 1. The van der Waals surface area contributed by atoms with Crippen LogP contribution in [0, 0.1) is 46.2 Å². The first-order chi connectivity index (χ1) is 17.2. The molecule has 36 heavy (non-hydrogen) atoms. The van der Waals surface area contributed by atoms with Crippen LogP contribution in [0.5, 0.6) is 0 Å². The molecule has 0 spiro atoms. The molecule has 0 aliphatic heterocycles. The number of nitrogens with zero attached hydrogens (tertiary/aromatic N) is 3. The van der Waals surface area contributed by atoms with Gasteiger partial charge in [0.25, 0.3) is 0 Å². The number of hydrogen-bond donors (Lipinski definition) is 1. The molecule has 6 rings (SSSR count). The molecular formula is C29H40FN3O3. The molecule has 0 unspecified atom stereocenters. The summed E-state index contributed by atoms with van der Waals surface area (Å²) < 4.78 is 21.3. The van der Waals surface area contributed by atoms with Gasteiger partial charge in [0.15, 0.2) is 5.78 Å². The second kappa shape index (κ2) is 8.59. The highest BCUT2D eigenvalue weighted by atomic mass is 19.1. The van der Waals surface area contributed by atoms with Gasteiger partial charge in [-0.2, -0.15) is 0 Å². The van der Waals surface area contributed by atoms with Gasteiger partial charge in [-0.3, -0.25) is 4.79 Å². The van der Waals surface area contributed by atoms with Crippen molar-refractivity contribution >= 4 is 16.8 Å². The van der Waals surface area contributed by atoms with Crippen LogP contribution < -0.4 is 0 Å². The lowest BCUT2D eigenvalue weighted by Gasteiger charge is -2.62. The maximum atomic E-state index is 13.8. The molecule has 8 atom stereocenters. The van der Waals surface area contributed by atoms with Crippen molar-refractivity contribution in [3.63, 3.8) is 0 Å². The van der Waals surface area contributed by atoms with Gasteiger partial charge in [0.1, 0.15) is 17.9 Å². The van der Waals surface area contributed by atoms with Gasteiger partial charge in [-0.15, -0.1) is 5.10 Å². The van der Waals surface area contributed by atoms with Gasteiger partial charge < -0.3 is 9.84 Å². The molecule has 4 aliphatic carbocycles. The van der Waals surface area contributed by atoms with E-state index >= 15 is 0 Å². The fraction of sp³-hybridized carbons (Fsp3) is 0.759. The van der Waals surface area contributed by atoms with Gasteiger partial charge in [0, 0.05) is 19.1 Å². The third-order valence-corrected chi connectivity index (χ3v) is 11.2. The summed E-state index contributed by atoms with van der Waals surface area (Å²) in [7, 11) is 1.83. The summed E-state index contributed by atoms with van der Waals surface area (Å²) >= 11 is 0. The van der Waals surface area contributed by atoms with Crippen LogP contribution in [0.25, 0.3) is 11.0 Å². The number of carbonyl (C=O) groups is 1. The zero-order valence-corrected chi connectivity index (χ0v) is 21.9. The van der Waals surface area contributed by atoms with Gasteiger partial charge in [0.05, 0.1) is 17.7 Å². The number of ether oxygens (including phenoxy) is 1. The van der Waals surface area contributed by atoms with Crippen molar-refractivity contribution in [1.29, 1.82) is 0 Å². The molecular weight excluding hydrogens is 457 g/mol. The predicted octanol–water partition coefficient (Wildman–Crippen LogP) is 5.18. The van der Waals surface area contributed by atoms with Gasteiger partial charge in [-0.25, -0.2) is 9.07 Å². The normalized spacial score (nSPS) is 42.1. The van der Waals surface area contributed by atoms with Crippen molar-refractivity contribution in [2.75, 3.05) is 13.7 Å². The number of rotatable bonds is 5. The van der Waals surface area contributed by atoms with E-state index in [1.807, 2.05) is 14.0 Å². The second-order valence-electron chi connectivity index (χ2n) is 13.0. The van der Waals surface area contributed by atoms with E-state index in [0.29, 0.717) is 34.7 Å². The molecule has 7 heteroatoms. The Morgan fingerprint density at radius 3 is 2.78 bits per heavy atom. The van der Waals surface area contributed by atoms with Crippen LogP contribution in [0.3, 0.4) is 0 Å². The van der Waals surface area contributed by atoms with Crippen molar-refractivity contribution in [2.24, 2.45) is 40.4 Å². The highest BCUT2D eigenvalue weighted by molar-refractivity contribution is 5.84. The van der Waals surface area contributed by atoms with Crippen LogP contribution in [0.15, 0.2) is 18.2 Å². The Kier molecular flexibility index (Phi) is 5.84. The summed E-state index contributed by atoms with van der Waals surface area (Å²) in [6.07, 6.45) is 9.37. The van der Waals surface area contributed by atoms with E-state index in [1.54, 1.807) is 10.7 Å². The number of carbonyl (C=O) groups excluding carboxylic acids is 1. The molecule has 0 bridgehead atoms. The van der Waals surface area contributed by atoms with Crippen LogP contribution in [-0.4, -0.2) is 45.2 Å². The number of hydrogen-bond acceptors (Lipinski definition) is 5. The van der Waals surface area contributed by atoms with Crippen molar-refractivity contribution in [3.05, 3.63) is 24.0 Å². The zero-order chi connectivity index (χ0) is 25.3. The molecule has 0 saturated heterocycles. The Balaban J connectivity index is 1.24. The molecule has 2 aromatic rings.